The van der Waals surface area contributed by atoms with E-state index in [1.165, 1.54) is 9.35 Å². The van der Waals surface area contributed by atoms with Gasteiger partial charge in [0, 0.05) is 22.3 Å². The molecule has 0 unspecified atom stereocenters. The number of hydrogen-bond acceptors (Lipinski definition) is 6. The lowest BCUT2D eigenvalue weighted by atomic mass is 10.4. The van der Waals surface area contributed by atoms with Gasteiger partial charge in [-0.05, 0) is 0 Å². The van der Waals surface area contributed by atoms with Gasteiger partial charge < -0.3 is 11.5 Å². The second-order valence-electron chi connectivity index (χ2n) is 3.39. The van der Waals surface area contributed by atoms with Gasteiger partial charge in [0.05, 0.1) is 0 Å². The molecule has 2 aromatic rings. The van der Waals surface area contributed by atoms with Gasteiger partial charge in [0.25, 0.3) is 0 Å². The van der Waals surface area contributed by atoms with E-state index >= 15 is 0 Å². The Bertz CT molecular complexity index is 549. The lowest BCUT2D eigenvalue weighted by Gasteiger charge is -1.87. The molecule has 2 aromatic heterocycles. The molecule has 0 saturated heterocycles. The number of nitrogens with two attached hydrogens (primary N) is 4. The Morgan fingerprint density at radius 1 is 0.833 bits per heavy atom. The van der Waals surface area contributed by atoms with Crippen LogP contribution in [0, 0.1) is 0 Å². The zero-order chi connectivity index (χ0) is 13.1. The average molecular weight is 250 g/mol. The predicted octanol–water partition coefficient (Wildman–Crippen LogP) is -2.97. The Hall–Kier alpha value is -3.04. The van der Waals surface area contributed by atoms with E-state index in [0.717, 1.165) is 0 Å². The highest BCUT2D eigenvalue weighted by Gasteiger charge is 2.10. The summed E-state index contributed by atoms with van der Waals surface area (Å²) in [7, 11) is 0. The van der Waals surface area contributed by atoms with Crippen LogP contribution < -0.4 is 32.5 Å². The number of nitrogens with one attached hydrogen (secondary N) is 2. The number of aromatic nitrogens is 6. The third-order valence-corrected chi connectivity index (χ3v) is 2.20. The topological polar surface area (TPSA) is 169 Å². The first-order chi connectivity index (χ1) is 8.59. The molecule has 0 aromatic carbocycles. The van der Waals surface area contributed by atoms with Crippen LogP contribution in [-0.2, 0) is 0 Å². The summed E-state index contributed by atoms with van der Waals surface area (Å²) in [6, 6.07) is 0. The summed E-state index contributed by atoms with van der Waals surface area (Å²) in [4.78, 5) is 0. The quantitative estimate of drug-likeness (QED) is 0.193. The smallest absolute Gasteiger partial charge is 0.304 e. The number of hydrogen-bond donors (Lipinski definition) is 6. The maximum absolute atomic E-state index is 5.59. The minimum atomic E-state index is 0.194. The van der Waals surface area contributed by atoms with Crippen molar-refractivity contribution >= 4 is 24.0 Å². The average Bonchev–Trinajstić information content (AvgIpc) is 2.83. The summed E-state index contributed by atoms with van der Waals surface area (Å²) < 4.78 is 2.45. The van der Waals surface area contributed by atoms with E-state index in [2.05, 4.69) is 20.4 Å². The molecule has 0 bridgehead atoms. The van der Waals surface area contributed by atoms with Crippen LogP contribution in [0.1, 0.15) is 11.6 Å². The van der Waals surface area contributed by atoms with Gasteiger partial charge in [0.1, 0.15) is 0 Å². The van der Waals surface area contributed by atoms with Gasteiger partial charge in [0.15, 0.2) is 0 Å². The molecular formula is C8H14N10+2. The van der Waals surface area contributed by atoms with Crippen molar-refractivity contribution in [2.75, 3.05) is 23.2 Å². The standard InChI is InChI=1S/C8H12N10/c9-7-15-13-5(17(7)11)3-1-2-4-6-14-16-8(10)18(6)12/h1-4H,11-12H2,(H4,9,10,13,14,15,16)/p+2. The number of nitrogens with zero attached hydrogens (tertiary/aromatic N) is 4. The number of rotatable bonds is 3. The van der Waals surface area contributed by atoms with Crippen LogP contribution in [0.3, 0.4) is 0 Å². The molecule has 2 rings (SSSR count). The molecule has 0 aliphatic heterocycles. The SMILES string of the molecule is Nc1n[nH]c(/C=C/C=C/c2[nH]nc(N)[n+]2N)[n+]1N. The van der Waals surface area contributed by atoms with Gasteiger partial charge in [-0.25, -0.2) is 0 Å². The largest absolute Gasteiger partial charge is 0.396 e. The van der Waals surface area contributed by atoms with Crippen LogP contribution in [0.15, 0.2) is 12.2 Å². The molecule has 0 amide bonds. The van der Waals surface area contributed by atoms with Crippen molar-refractivity contribution in [3.63, 3.8) is 0 Å². The number of anilines is 2. The zero-order valence-electron chi connectivity index (χ0n) is 9.41. The highest BCUT2D eigenvalue weighted by Crippen LogP contribution is 1.95. The van der Waals surface area contributed by atoms with Crippen LogP contribution in [0.25, 0.3) is 12.2 Å². The van der Waals surface area contributed by atoms with Crippen molar-refractivity contribution in [2.24, 2.45) is 0 Å². The Labute approximate surface area is 102 Å². The predicted molar refractivity (Wildman–Crippen MR) is 64.8 cm³/mol. The molecule has 10 nitrogen and oxygen atoms in total. The van der Waals surface area contributed by atoms with Crippen LogP contribution in [0.4, 0.5) is 11.9 Å². The van der Waals surface area contributed by atoms with E-state index in [1.807, 2.05) is 0 Å². The lowest BCUT2D eigenvalue weighted by Crippen LogP contribution is -2.48. The van der Waals surface area contributed by atoms with Gasteiger partial charge in [0.2, 0.25) is 11.6 Å². The van der Waals surface area contributed by atoms with Gasteiger partial charge in [-0.2, -0.15) is 10.2 Å². The summed E-state index contributed by atoms with van der Waals surface area (Å²) in [6.45, 7) is 0. The Morgan fingerprint density at radius 3 is 1.50 bits per heavy atom. The van der Waals surface area contributed by atoms with E-state index in [0.29, 0.717) is 11.6 Å². The molecule has 0 fully saturated rings. The second kappa shape index (κ2) is 4.45. The molecule has 2 heterocycles. The normalized spacial score (nSPS) is 11.8. The van der Waals surface area contributed by atoms with Crippen molar-refractivity contribution in [1.29, 1.82) is 0 Å². The maximum atomic E-state index is 5.59. The molecule has 0 atom stereocenters. The Balaban J connectivity index is 2.08. The highest BCUT2D eigenvalue weighted by atomic mass is 15.4. The van der Waals surface area contributed by atoms with Crippen LogP contribution in [0.5, 0.6) is 0 Å². The molecule has 10 heteroatoms. The molecule has 0 aliphatic rings. The van der Waals surface area contributed by atoms with Crippen molar-refractivity contribution in [3.8, 4) is 0 Å². The van der Waals surface area contributed by atoms with Crippen LogP contribution in [0.2, 0.25) is 0 Å². The number of nitrogen functional groups attached to an aromatic ring is 4. The van der Waals surface area contributed by atoms with E-state index in [9.17, 15) is 0 Å². The second-order valence-corrected chi connectivity index (χ2v) is 3.39. The molecule has 94 valence electrons. The third kappa shape index (κ3) is 2.07. The van der Waals surface area contributed by atoms with Crippen molar-refractivity contribution in [1.82, 2.24) is 20.4 Å². The summed E-state index contributed by atoms with van der Waals surface area (Å²) >= 11 is 0. The number of allylic oxidation sites excluding steroid dienone is 2. The zero-order valence-corrected chi connectivity index (χ0v) is 9.41. The van der Waals surface area contributed by atoms with Gasteiger partial charge in [-0.1, -0.05) is 12.2 Å². The van der Waals surface area contributed by atoms with E-state index < -0.39 is 0 Å². The van der Waals surface area contributed by atoms with E-state index in [4.69, 9.17) is 23.2 Å². The summed E-state index contributed by atoms with van der Waals surface area (Å²) in [6.07, 6.45) is 6.85. The van der Waals surface area contributed by atoms with Crippen molar-refractivity contribution in [3.05, 3.63) is 23.8 Å². The minimum absolute atomic E-state index is 0.194. The number of H-pyrrole nitrogens is 2. The lowest BCUT2D eigenvalue weighted by molar-refractivity contribution is -0.626. The molecule has 0 saturated carbocycles. The van der Waals surface area contributed by atoms with Gasteiger partial charge in [-0.3, -0.25) is 11.7 Å². The van der Waals surface area contributed by atoms with E-state index in [-0.39, 0.29) is 11.9 Å². The number of aromatic amines is 2. The molecule has 10 N–H and O–H groups in total. The summed E-state index contributed by atoms with van der Waals surface area (Å²) in [5.41, 5.74) is 10.9. The monoisotopic (exact) mass is 250 g/mol. The van der Waals surface area contributed by atoms with Crippen molar-refractivity contribution < 1.29 is 9.35 Å². The van der Waals surface area contributed by atoms with Gasteiger partial charge in [-0.15, -0.1) is 9.35 Å². The summed E-state index contributed by atoms with van der Waals surface area (Å²) in [5, 5.41) is 12.8. The fraction of sp³-hybridized carbons (Fsp3) is 0. The molecular weight excluding hydrogens is 236 g/mol. The minimum Gasteiger partial charge on any atom is -0.304 e. The van der Waals surface area contributed by atoms with Crippen molar-refractivity contribution in [2.45, 2.75) is 0 Å². The third-order valence-electron chi connectivity index (χ3n) is 2.20. The molecule has 0 aliphatic carbocycles. The first-order valence-corrected chi connectivity index (χ1v) is 4.96. The molecule has 18 heavy (non-hydrogen) atoms. The maximum Gasteiger partial charge on any atom is 0.396 e. The first kappa shape index (κ1) is 11.4. The highest BCUT2D eigenvalue weighted by molar-refractivity contribution is 5.48. The van der Waals surface area contributed by atoms with Gasteiger partial charge >= 0.3 is 11.9 Å². The van der Waals surface area contributed by atoms with Crippen LogP contribution in [-0.4, -0.2) is 20.4 Å². The Kier molecular flexibility index (Phi) is 2.83. The Morgan fingerprint density at radius 2 is 1.22 bits per heavy atom. The van der Waals surface area contributed by atoms with E-state index in [1.54, 1.807) is 24.3 Å². The van der Waals surface area contributed by atoms with Crippen LogP contribution >= 0.6 is 0 Å². The fourth-order valence-corrected chi connectivity index (χ4v) is 1.22. The molecule has 0 spiro atoms. The molecule has 0 radical (unpaired) electrons. The summed E-state index contributed by atoms with van der Waals surface area (Å²) in [5.74, 6) is 12.7. The fourth-order valence-electron chi connectivity index (χ4n) is 1.22. The first-order valence-electron chi connectivity index (χ1n) is 4.96.